The summed E-state index contributed by atoms with van der Waals surface area (Å²) in [6, 6.07) is 14.7. The highest BCUT2D eigenvalue weighted by Gasteiger charge is 2.47. The van der Waals surface area contributed by atoms with Crippen molar-refractivity contribution in [2.45, 2.75) is 76.9 Å². The van der Waals surface area contributed by atoms with Crippen LogP contribution in [0, 0.1) is 5.92 Å². The van der Waals surface area contributed by atoms with E-state index in [0.717, 1.165) is 48.3 Å². The number of carbonyl (C=O) groups excluding carboxylic acids is 1. The molecule has 0 N–H and O–H groups in total. The van der Waals surface area contributed by atoms with Crippen molar-refractivity contribution in [3.8, 4) is 11.5 Å². The minimum absolute atomic E-state index is 0.111. The smallest absolute Gasteiger partial charge is 0.133 e. The van der Waals surface area contributed by atoms with E-state index in [9.17, 15) is 4.79 Å². The summed E-state index contributed by atoms with van der Waals surface area (Å²) < 4.78 is 12.8. The maximum absolute atomic E-state index is 12.3. The van der Waals surface area contributed by atoms with Crippen LogP contribution in [0.15, 0.2) is 49.0 Å². The molecule has 3 unspecified atom stereocenters. The molecular weight excluding hydrogens is 384 g/mol. The second-order valence-electron chi connectivity index (χ2n) is 9.63. The second kappa shape index (κ2) is 8.90. The van der Waals surface area contributed by atoms with Crippen molar-refractivity contribution >= 4 is 11.9 Å². The van der Waals surface area contributed by atoms with Gasteiger partial charge in [0.1, 0.15) is 22.9 Å². The van der Waals surface area contributed by atoms with Gasteiger partial charge in [-0.25, -0.2) is 0 Å². The summed E-state index contributed by atoms with van der Waals surface area (Å²) in [4.78, 5) is 12.3. The largest absolute Gasteiger partial charge is 0.491 e. The first kappa shape index (κ1) is 21.7. The van der Waals surface area contributed by atoms with Gasteiger partial charge < -0.3 is 9.47 Å². The summed E-state index contributed by atoms with van der Waals surface area (Å²) in [5, 5.41) is 0. The molecule has 2 aromatic rings. The van der Waals surface area contributed by atoms with Gasteiger partial charge in [-0.1, -0.05) is 43.0 Å². The number of hydrogen-bond acceptors (Lipinski definition) is 3. The monoisotopic (exact) mass is 418 g/mol. The molecule has 0 spiro atoms. The van der Waals surface area contributed by atoms with E-state index in [1.807, 2.05) is 12.1 Å². The fourth-order valence-corrected chi connectivity index (χ4v) is 5.37. The van der Waals surface area contributed by atoms with Crippen LogP contribution in [0.4, 0.5) is 0 Å². The number of fused-ring (bicyclic) bond motifs is 3. The first-order valence-corrected chi connectivity index (χ1v) is 11.6. The van der Waals surface area contributed by atoms with Gasteiger partial charge in [0, 0.05) is 36.3 Å². The van der Waals surface area contributed by atoms with E-state index in [2.05, 4.69) is 63.7 Å². The van der Waals surface area contributed by atoms with Crippen LogP contribution in [-0.2, 0) is 11.2 Å². The van der Waals surface area contributed by atoms with Crippen molar-refractivity contribution in [1.29, 1.82) is 0 Å². The van der Waals surface area contributed by atoms with Crippen LogP contribution in [0.5, 0.6) is 11.5 Å². The molecule has 3 heteroatoms. The normalized spacial score (nSPS) is 22.6. The number of ether oxygens (including phenoxy) is 2. The minimum atomic E-state index is -0.295. The molecule has 1 heterocycles. The molecule has 4 rings (SSSR count). The van der Waals surface area contributed by atoms with Crippen molar-refractivity contribution < 1.29 is 14.3 Å². The van der Waals surface area contributed by atoms with Crippen molar-refractivity contribution in [2.75, 3.05) is 0 Å². The van der Waals surface area contributed by atoms with E-state index in [4.69, 9.17) is 9.47 Å². The summed E-state index contributed by atoms with van der Waals surface area (Å²) >= 11 is 0. The van der Waals surface area contributed by atoms with E-state index in [1.54, 1.807) is 0 Å². The Hall–Kier alpha value is -2.55. The summed E-state index contributed by atoms with van der Waals surface area (Å²) in [7, 11) is 0. The van der Waals surface area contributed by atoms with Gasteiger partial charge in [0.05, 0.1) is 6.10 Å². The number of aryl methyl sites for hydroxylation is 1. The van der Waals surface area contributed by atoms with Gasteiger partial charge >= 0.3 is 0 Å². The summed E-state index contributed by atoms with van der Waals surface area (Å²) in [5.41, 5.74) is 3.24. The summed E-state index contributed by atoms with van der Waals surface area (Å²) in [5.74, 6) is 2.57. The lowest BCUT2D eigenvalue weighted by Crippen LogP contribution is -2.47. The lowest BCUT2D eigenvalue weighted by Gasteiger charge is -2.47. The molecule has 1 saturated carbocycles. The maximum atomic E-state index is 12.3. The lowest BCUT2D eigenvalue weighted by molar-refractivity contribution is -0.124. The quantitative estimate of drug-likeness (QED) is 0.499. The highest BCUT2D eigenvalue weighted by molar-refractivity contribution is 5.81. The first-order chi connectivity index (χ1) is 14.9. The van der Waals surface area contributed by atoms with Crippen LogP contribution in [0.1, 0.15) is 75.5 Å². The van der Waals surface area contributed by atoms with Crippen LogP contribution in [-0.4, -0.2) is 17.5 Å². The van der Waals surface area contributed by atoms with Gasteiger partial charge in [0.2, 0.25) is 0 Å². The molecule has 0 amide bonds. The van der Waals surface area contributed by atoms with Crippen molar-refractivity contribution in [1.82, 2.24) is 0 Å². The van der Waals surface area contributed by atoms with Gasteiger partial charge in [-0.15, -0.1) is 0 Å². The minimum Gasteiger partial charge on any atom is -0.491 e. The molecule has 2 aromatic carbocycles. The Morgan fingerprint density at radius 1 is 1.26 bits per heavy atom. The molecule has 2 aliphatic rings. The maximum Gasteiger partial charge on any atom is 0.133 e. The Balaban J connectivity index is 1.50. The number of ketones is 1. The summed E-state index contributed by atoms with van der Waals surface area (Å²) in [6.45, 7) is 10.5. The van der Waals surface area contributed by atoms with E-state index in [-0.39, 0.29) is 17.6 Å². The van der Waals surface area contributed by atoms with Crippen LogP contribution < -0.4 is 9.47 Å². The van der Waals surface area contributed by atoms with Gasteiger partial charge in [-0.05, 0) is 63.6 Å². The molecule has 1 fully saturated rings. The Labute approximate surface area is 186 Å². The predicted molar refractivity (Wildman–Crippen MR) is 126 cm³/mol. The average molecular weight is 419 g/mol. The fourth-order valence-electron chi connectivity index (χ4n) is 5.37. The van der Waals surface area contributed by atoms with Crippen LogP contribution in [0.3, 0.4) is 0 Å². The third-order valence-corrected chi connectivity index (χ3v) is 6.93. The molecule has 1 aliphatic heterocycles. The van der Waals surface area contributed by atoms with Crippen LogP contribution in [0.2, 0.25) is 0 Å². The Morgan fingerprint density at radius 3 is 2.77 bits per heavy atom. The molecule has 1 aliphatic carbocycles. The van der Waals surface area contributed by atoms with Gasteiger partial charge in [0.25, 0.3) is 0 Å². The lowest BCUT2D eigenvalue weighted by atomic mass is 9.65. The zero-order chi connectivity index (χ0) is 22.0. The summed E-state index contributed by atoms with van der Waals surface area (Å²) in [6.07, 6.45) is 7.27. The van der Waals surface area contributed by atoms with Crippen LogP contribution >= 0.6 is 0 Å². The third kappa shape index (κ3) is 4.71. The molecule has 0 saturated heterocycles. The highest BCUT2D eigenvalue weighted by Crippen LogP contribution is 2.53. The molecule has 0 aromatic heterocycles. The van der Waals surface area contributed by atoms with E-state index in [0.29, 0.717) is 24.5 Å². The van der Waals surface area contributed by atoms with Gasteiger partial charge in [-0.3, -0.25) is 4.79 Å². The Bertz CT molecular complexity index is 944. The van der Waals surface area contributed by atoms with E-state index >= 15 is 0 Å². The zero-order valence-electron chi connectivity index (χ0n) is 19.0. The molecule has 164 valence electrons. The Kier molecular flexibility index (Phi) is 6.22. The van der Waals surface area contributed by atoms with Gasteiger partial charge in [-0.2, -0.15) is 0 Å². The predicted octanol–water partition coefficient (Wildman–Crippen LogP) is 6.74. The van der Waals surface area contributed by atoms with E-state index < -0.39 is 0 Å². The van der Waals surface area contributed by atoms with Crippen molar-refractivity contribution in [2.24, 2.45) is 5.92 Å². The molecule has 31 heavy (non-hydrogen) atoms. The fraction of sp³-hybridized carbons (Fsp3) is 0.464. The average Bonchev–Trinajstić information content (AvgIpc) is 2.73. The number of hydrogen-bond donors (Lipinski definition) is 0. The standard InChI is InChI=1S/C28H34O3/c1-5-21-16-23(30-19(2)10-9-13-20-11-7-6-8-12-20)18-26-27(21)24-17-22(29)14-15-25(24)28(3,4)31-26/h5-8,11-12,16,18-19,24-25H,1,9-10,13-15,17H2,2-4H3. The SMILES string of the molecule is C=Cc1cc(OC(C)CCCc2ccccc2)cc2c1C1CC(=O)CCC1C(C)(C)O2. The first-order valence-electron chi connectivity index (χ1n) is 11.6. The number of carbonyl (C=O) groups is 1. The second-order valence-corrected chi connectivity index (χ2v) is 9.63. The molecule has 3 atom stereocenters. The topological polar surface area (TPSA) is 35.5 Å². The molecule has 0 radical (unpaired) electrons. The van der Waals surface area contributed by atoms with Gasteiger partial charge in [0.15, 0.2) is 0 Å². The third-order valence-electron chi connectivity index (χ3n) is 6.93. The molecular formula is C28H34O3. The molecule has 0 bridgehead atoms. The van der Waals surface area contributed by atoms with E-state index in [1.165, 1.54) is 5.56 Å². The van der Waals surface area contributed by atoms with Crippen LogP contribution in [0.25, 0.3) is 6.08 Å². The van der Waals surface area contributed by atoms with Crippen molar-refractivity contribution in [3.63, 3.8) is 0 Å². The number of Topliss-reactive ketones (excluding diaryl/α,β-unsaturated/α-hetero) is 1. The number of rotatable bonds is 7. The Morgan fingerprint density at radius 2 is 2.03 bits per heavy atom. The number of benzene rings is 2. The zero-order valence-corrected chi connectivity index (χ0v) is 19.0. The molecule has 3 nitrogen and oxygen atoms in total. The van der Waals surface area contributed by atoms with Crippen molar-refractivity contribution in [3.05, 3.63) is 65.7 Å². The highest BCUT2D eigenvalue weighted by atomic mass is 16.5.